The van der Waals surface area contributed by atoms with Crippen LogP contribution in [0, 0.1) is 13.8 Å². The zero-order valence-electron chi connectivity index (χ0n) is 19.0. The van der Waals surface area contributed by atoms with Gasteiger partial charge in [-0.25, -0.2) is 4.98 Å². The number of thioether (sulfide) groups is 1. The van der Waals surface area contributed by atoms with E-state index in [2.05, 4.69) is 4.90 Å². The fourth-order valence-electron chi connectivity index (χ4n) is 4.09. The summed E-state index contributed by atoms with van der Waals surface area (Å²) in [6, 6.07) is 11.8. The molecule has 2 aromatic heterocycles. The van der Waals surface area contributed by atoms with E-state index in [0.29, 0.717) is 59.1 Å². The smallest absolute Gasteiger partial charge is 0.267 e. The second kappa shape index (κ2) is 9.32. The predicted molar refractivity (Wildman–Crippen MR) is 139 cm³/mol. The Morgan fingerprint density at radius 3 is 2.59 bits per heavy atom. The van der Waals surface area contributed by atoms with Crippen LogP contribution in [-0.2, 0) is 16.1 Å². The van der Waals surface area contributed by atoms with Crippen LogP contribution in [0.5, 0.6) is 0 Å². The summed E-state index contributed by atoms with van der Waals surface area (Å²) >= 11 is 6.74. The maximum Gasteiger partial charge on any atom is 0.267 e. The van der Waals surface area contributed by atoms with E-state index in [1.165, 1.54) is 16.2 Å². The molecule has 2 saturated heterocycles. The van der Waals surface area contributed by atoms with Crippen molar-refractivity contribution in [2.75, 3.05) is 31.2 Å². The van der Waals surface area contributed by atoms with Crippen LogP contribution in [0.4, 0.5) is 5.82 Å². The quantitative estimate of drug-likeness (QED) is 0.408. The predicted octanol–water partition coefficient (Wildman–Crippen LogP) is 3.55. The first kappa shape index (κ1) is 22.8. The highest BCUT2D eigenvalue weighted by Gasteiger charge is 2.33. The Kier molecular flexibility index (Phi) is 6.24. The van der Waals surface area contributed by atoms with Gasteiger partial charge in [-0.1, -0.05) is 59.9 Å². The van der Waals surface area contributed by atoms with Crippen molar-refractivity contribution in [2.45, 2.75) is 20.4 Å². The summed E-state index contributed by atoms with van der Waals surface area (Å²) in [5.41, 5.74) is 3.85. The molecule has 0 saturated carbocycles. The zero-order valence-corrected chi connectivity index (χ0v) is 20.6. The SMILES string of the molecule is Cc1ccc(CN2C(=O)/C(=C/c3c(N4CCOCC4)nc4c(C)cccn4c3=O)SC2=S)cc1. The molecular formula is C25H24N4O3S2. The van der Waals surface area contributed by atoms with Crippen molar-refractivity contribution >= 4 is 51.7 Å². The van der Waals surface area contributed by atoms with Crippen LogP contribution in [0.2, 0.25) is 0 Å². The van der Waals surface area contributed by atoms with Crippen molar-refractivity contribution in [1.29, 1.82) is 0 Å². The van der Waals surface area contributed by atoms with E-state index >= 15 is 0 Å². The third kappa shape index (κ3) is 4.26. The summed E-state index contributed by atoms with van der Waals surface area (Å²) < 4.78 is 7.52. The first-order valence-corrected chi connectivity index (χ1v) is 12.3. The highest BCUT2D eigenvalue weighted by Crippen LogP contribution is 2.34. The molecule has 0 aliphatic carbocycles. The molecular weight excluding hydrogens is 468 g/mol. The minimum absolute atomic E-state index is 0.197. The Bertz CT molecular complexity index is 1380. The molecule has 2 aliphatic rings. The third-order valence-electron chi connectivity index (χ3n) is 5.99. The molecule has 0 atom stereocenters. The molecule has 5 rings (SSSR count). The second-order valence-electron chi connectivity index (χ2n) is 8.39. The Morgan fingerprint density at radius 2 is 1.85 bits per heavy atom. The minimum Gasteiger partial charge on any atom is -0.378 e. The van der Waals surface area contributed by atoms with Gasteiger partial charge >= 0.3 is 0 Å². The molecule has 1 aromatic carbocycles. The Labute approximate surface area is 207 Å². The van der Waals surface area contributed by atoms with Crippen molar-refractivity contribution in [3.63, 3.8) is 0 Å². The molecule has 0 radical (unpaired) electrons. The topological polar surface area (TPSA) is 67.2 Å². The normalized spacial score (nSPS) is 17.9. The number of aryl methyl sites for hydroxylation is 2. The maximum absolute atomic E-state index is 13.6. The van der Waals surface area contributed by atoms with E-state index in [9.17, 15) is 9.59 Å². The monoisotopic (exact) mass is 492 g/mol. The second-order valence-corrected chi connectivity index (χ2v) is 10.1. The number of nitrogens with zero attached hydrogens (tertiary/aromatic N) is 4. The van der Waals surface area contributed by atoms with Gasteiger partial charge in [0.05, 0.1) is 30.2 Å². The number of benzene rings is 1. The summed E-state index contributed by atoms with van der Waals surface area (Å²) in [4.78, 5) is 35.8. The van der Waals surface area contributed by atoms with Crippen molar-refractivity contribution in [3.05, 3.63) is 80.1 Å². The lowest BCUT2D eigenvalue weighted by Gasteiger charge is -2.29. The third-order valence-corrected chi connectivity index (χ3v) is 7.36. The lowest BCUT2D eigenvalue weighted by Crippen LogP contribution is -2.38. The van der Waals surface area contributed by atoms with E-state index in [1.54, 1.807) is 17.2 Å². The molecule has 0 unspecified atom stereocenters. The molecule has 2 fully saturated rings. The van der Waals surface area contributed by atoms with Crippen LogP contribution in [0.1, 0.15) is 22.3 Å². The first-order valence-electron chi connectivity index (χ1n) is 11.1. The van der Waals surface area contributed by atoms with Crippen molar-refractivity contribution < 1.29 is 9.53 Å². The molecule has 3 aromatic rings. The van der Waals surface area contributed by atoms with E-state index in [0.717, 1.165) is 16.7 Å². The number of aromatic nitrogens is 2. The number of hydrogen-bond acceptors (Lipinski definition) is 7. The summed E-state index contributed by atoms with van der Waals surface area (Å²) in [5, 5.41) is 0. The van der Waals surface area contributed by atoms with Crippen LogP contribution in [0.15, 0.2) is 52.3 Å². The molecule has 174 valence electrons. The number of anilines is 1. The summed E-state index contributed by atoms with van der Waals surface area (Å²) in [7, 11) is 0. The number of amides is 1. The van der Waals surface area contributed by atoms with E-state index < -0.39 is 0 Å². The van der Waals surface area contributed by atoms with Crippen LogP contribution in [0.25, 0.3) is 11.7 Å². The van der Waals surface area contributed by atoms with Gasteiger partial charge in [-0.15, -0.1) is 0 Å². The molecule has 2 aliphatic heterocycles. The number of pyridine rings is 1. The number of hydrogen-bond donors (Lipinski definition) is 0. The standard InChI is InChI=1S/C25H24N4O3S2/c1-16-5-7-18(8-6-16)15-29-24(31)20(34-25(29)33)14-19-22(27-10-12-32-13-11-27)26-21-17(2)4-3-9-28(21)23(19)30/h3-9,14H,10-13,15H2,1-2H3/b20-14-. The van der Waals surface area contributed by atoms with E-state index in [-0.39, 0.29) is 11.5 Å². The highest BCUT2D eigenvalue weighted by molar-refractivity contribution is 8.26. The molecule has 0 bridgehead atoms. The number of thiocarbonyl (C=S) groups is 1. The van der Waals surface area contributed by atoms with Crippen LogP contribution in [0.3, 0.4) is 0 Å². The number of morpholine rings is 1. The molecule has 7 nitrogen and oxygen atoms in total. The number of rotatable bonds is 4. The molecule has 4 heterocycles. The Morgan fingerprint density at radius 1 is 1.12 bits per heavy atom. The first-order chi connectivity index (χ1) is 16.4. The van der Waals surface area contributed by atoms with Gasteiger partial charge < -0.3 is 9.64 Å². The van der Waals surface area contributed by atoms with Crippen LogP contribution < -0.4 is 10.5 Å². The largest absolute Gasteiger partial charge is 0.378 e. The summed E-state index contributed by atoms with van der Waals surface area (Å²) in [6.45, 7) is 6.73. The fraction of sp³-hybridized carbons (Fsp3) is 0.280. The molecule has 9 heteroatoms. The van der Waals surface area contributed by atoms with Gasteiger partial charge in [0.1, 0.15) is 15.8 Å². The van der Waals surface area contributed by atoms with Gasteiger partial charge in [-0.05, 0) is 37.1 Å². The molecule has 1 amide bonds. The molecule has 0 spiro atoms. The number of carbonyl (C=O) groups excluding carboxylic acids is 1. The zero-order chi connectivity index (χ0) is 23.8. The Balaban J connectivity index is 1.57. The molecule has 34 heavy (non-hydrogen) atoms. The van der Waals surface area contributed by atoms with Crippen molar-refractivity contribution in [2.24, 2.45) is 0 Å². The summed E-state index contributed by atoms with van der Waals surface area (Å²) in [6.07, 6.45) is 3.37. The lowest BCUT2D eigenvalue weighted by atomic mass is 10.1. The van der Waals surface area contributed by atoms with Gasteiger partial charge in [-0.3, -0.25) is 18.9 Å². The van der Waals surface area contributed by atoms with Gasteiger partial charge in [0.25, 0.3) is 11.5 Å². The van der Waals surface area contributed by atoms with Gasteiger partial charge in [-0.2, -0.15) is 0 Å². The van der Waals surface area contributed by atoms with Crippen molar-refractivity contribution in [1.82, 2.24) is 14.3 Å². The lowest BCUT2D eigenvalue weighted by molar-refractivity contribution is -0.122. The van der Waals surface area contributed by atoms with E-state index in [1.807, 2.05) is 50.2 Å². The number of fused-ring (bicyclic) bond motifs is 1. The Hall–Kier alpha value is -3.01. The van der Waals surface area contributed by atoms with E-state index in [4.69, 9.17) is 21.9 Å². The maximum atomic E-state index is 13.6. The van der Waals surface area contributed by atoms with Gasteiger partial charge in [0, 0.05) is 19.3 Å². The number of ether oxygens (including phenoxy) is 1. The van der Waals surface area contributed by atoms with Crippen LogP contribution in [-0.4, -0.2) is 50.8 Å². The van der Waals surface area contributed by atoms with Crippen LogP contribution >= 0.6 is 24.0 Å². The minimum atomic E-state index is -0.209. The highest BCUT2D eigenvalue weighted by atomic mass is 32.2. The average Bonchev–Trinajstić information content (AvgIpc) is 3.10. The fourth-order valence-corrected chi connectivity index (χ4v) is 5.32. The van der Waals surface area contributed by atoms with Gasteiger partial charge in [0.2, 0.25) is 0 Å². The van der Waals surface area contributed by atoms with Crippen molar-refractivity contribution in [3.8, 4) is 0 Å². The average molecular weight is 493 g/mol. The summed E-state index contributed by atoms with van der Waals surface area (Å²) in [5.74, 6) is 0.378. The van der Waals surface area contributed by atoms with Gasteiger partial charge in [0.15, 0.2) is 0 Å². The molecule has 0 N–H and O–H groups in total. The number of carbonyl (C=O) groups is 1.